The zero-order valence-corrected chi connectivity index (χ0v) is 14.5. The van der Waals surface area contributed by atoms with Gasteiger partial charge in [0.05, 0.1) is 6.61 Å². The zero-order chi connectivity index (χ0) is 17.2. The first-order valence-electron chi connectivity index (χ1n) is 8.90. The van der Waals surface area contributed by atoms with Crippen molar-refractivity contribution in [1.82, 2.24) is 0 Å². The van der Waals surface area contributed by atoms with Crippen LogP contribution in [0.15, 0.2) is 48.5 Å². The first-order valence-corrected chi connectivity index (χ1v) is 8.90. The topological polar surface area (TPSA) is 35.2 Å². The first kappa shape index (κ1) is 18.5. The van der Waals surface area contributed by atoms with Crippen molar-refractivity contribution in [3.05, 3.63) is 65.5 Å². The number of benzene rings is 2. The van der Waals surface area contributed by atoms with Crippen molar-refractivity contribution in [2.45, 2.75) is 44.9 Å². The Bertz CT molecular complexity index is 580. The molecule has 0 heterocycles. The number of hydrogen-bond donors (Lipinski definition) is 1. The molecule has 0 saturated heterocycles. The summed E-state index contributed by atoms with van der Waals surface area (Å²) in [6.45, 7) is 3.53. The van der Waals surface area contributed by atoms with Gasteiger partial charge >= 0.3 is 0 Å². The van der Waals surface area contributed by atoms with Gasteiger partial charge in [-0.15, -0.1) is 0 Å². The summed E-state index contributed by atoms with van der Waals surface area (Å²) in [7, 11) is 0. The summed E-state index contributed by atoms with van der Waals surface area (Å²) < 4.78 is 18.8. The highest BCUT2D eigenvalue weighted by atomic mass is 19.1. The number of halogens is 1. The van der Waals surface area contributed by atoms with Crippen LogP contribution in [0.4, 0.5) is 4.39 Å². The summed E-state index contributed by atoms with van der Waals surface area (Å²) in [6, 6.07) is 14.9. The first-order chi connectivity index (χ1) is 11.7. The second kappa shape index (κ2) is 10.1. The summed E-state index contributed by atoms with van der Waals surface area (Å²) in [5, 5.41) is 0. The average molecular weight is 329 g/mol. The third kappa shape index (κ3) is 5.97. The molecule has 0 amide bonds. The van der Waals surface area contributed by atoms with Gasteiger partial charge in [-0.2, -0.15) is 0 Å². The van der Waals surface area contributed by atoms with E-state index in [1.54, 1.807) is 0 Å². The molecule has 1 unspecified atom stereocenters. The van der Waals surface area contributed by atoms with Crippen molar-refractivity contribution in [3.8, 4) is 5.75 Å². The number of unbranched alkanes of at least 4 members (excludes halogenated alkanes) is 3. The molecule has 0 spiro atoms. The van der Waals surface area contributed by atoms with Crippen LogP contribution in [0.3, 0.4) is 0 Å². The molecule has 2 rings (SSSR count). The Kier molecular flexibility index (Phi) is 7.76. The van der Waals surface area contributed by atoms with Gasteiger partial charge in [0.15, 0.2) is 0 Å². The van der Waals surface area contributed by atoms with E-state index in [-0.39, 0.29) is 11.7 Å². The minimum atomic E-state index is -0.213. The molecule has 0 aromatic heterocycles. The van der Waals surface area contributed by atoms with E-state index in [1.165, 1.54) is 37.0 Å². The van der Waals surface area contributed by atoms with Gasteiger partial charge in [-0.05, 0) is 54.8 Å². The van der Waals surface area contributed by atoms with Gasteiger partial charge in [-0.1, -0.05) is 50.5 Å². The molecule has 0 bridgehead atoms. The highest BCUT2D eigenvalue weighted by molar-refractivity contribution is 5.30. The van der Waals surface area contributed by atoms with Crippen LogP contribution >= 0.6 is 0 Å². The predicted molar refractivity (Wildman–Crippen MR) is 98.0 cm³/mol. The molecule has 3 heteroatoms. The van der Waals surface area contributed by atoms with Crippen LogP contribution in [0, 0.1) is 5.82 Å². The second-order valence-corrected chi connectivity index (χ2v) is 6.24. The molecule has 0 aliphatic carbocycles. The van der Waals surface area contributed by atoms with Gasteiger partial charge in [0.1, 0.15) is 11.6 Å². The van der Waals surface area contributed by atoms with E-state index in [2.05, 4.69) is 19.1 Å². The average Bonchev–Trinajstić information content (AvgIpc) is 2.61. The van der Waals surface area contributed by atoms with Crippen molar-refractivity contribution in [2.75, 3.05) is 13.2 Å². The highest BCUT2D eigenvalue weighted by Gasteiger charge is 2.11. The maximum absolute atomic E-state index is 13.1. The standard InChI is InChI=1S/C21H28FNO/c1-2-3-4-5-14-24-21-12-6-17(7-13-21)15-19(16-23)18-8-10-20(22)11-9-18/h6-13,19H,2-5,14-16,23H2,1H3. The highest BCUT2D eigenvalue weighted by Crippen LogP contribution is 2.22. The molecule has 0 radical (unpaired) electrons. The van der Waals surface area contributed by atoms with Crippen LogP contribution < -0.4 is 10.5 Å². The van der Waals surface area contributed by atoms with Gasteiger partial charge in [-0.3, -0.25) is 0 Å². The molecule has 2 N–H and O–H groups in total. The Labute approximate surface area is 144 Å². The Morgan fingerprint density at radius 1 is 0.958 bits per heavy atom. The fraction of sp³-hybridized carbons (Fsp3) is 0.429. The fourth-order valence-electron chi connectivity index (χ4n) is 2.80. The normalized spacial score (nSPS) is 12.1. The summed E-state index contributed by atoms with van der Waals surface area (Å²) in [6.07, 6.45) is 5.69. The molecule has 24 heavy (non-hydrogen) atoms. The smallest absolute Gasteiger partial charge is 0.123 e. The lowest BCUT2D eigenvalue weighted by Gasteiger charge is -2.16. The van der Waals surface area contributed by atoms with E-state index >= 15 is 0 Å². The lowest BCUT2D eigenvalue weighted by molar-refractivity contribution is 0.305. The Morgan fingerprint density at radius 3 is 2.29 bits per heavy atom. The molecule has 1 atom stereocenters. The van der Waals surface area contributed by atoms with Crippen LogP contribution in [0.2, 0.25) is 0 Å². The number of nitrogens with two attached hydrogens (primary N) is 1. The van der Waals surface area contributed by atoms with Gasteiger partial charge in [0, 0.05) is 5.92 Å². The van der Waals surface area contributed by atoms with Crippen LogP contribution in [0.5, 0.6) is 5.75 Å². The van der Waals surface area contributed by atoms with E-state index in [9.17, 15) is 4.39 Å². The lowest BCUT2D eigenvalue weighted by atomic mass is 9.92. The lowest BCUT2D eigenvalue weighted by Crippen LogP contribution is -2.15. The Hall–Kier alpha value is -1.87. The number of ether oxygens (including phenoxy) is 1. The van der Waals surface area contributed by atoms with Gasteiger partial charge in [-0.25, -0.2) is 4.39 Å². The van der Waals surface area contributed by atoms with E-state index in [0.29, 0.717) is 6.54 Å². The molecular weight excluding hydrogens is 301 g/mol. The fourth-order valence-corrected chi connectivity index (χ4v) is 2.80. The van der Waals surface area contributed by atoms with Gasteiger partial charge in [0.25, 0.3) is 0 Å². The molecule has 2 nitrogen and oxygen atoms in total. The van der Waals surface area contributed by atoms with Crippen molar-refractivity contribution >= 4 is 0 Å². The number of hydrogen-bond acceptors (Lipinski definition) is 2. The van der Waals surface area contributed by atoms with E-state index in [1.807, 2.05) is 24.3 Å². The predicted octanol–water partition coefficient (Wildman–Crippen LogP) is 5.07. The SMILES string of the molecule is CCCCCCOc1ccc(CC(CN)c2ccc(F)cc2)cc1. The second-order valence-electron chi connectivity index (χ2n) is 6.24. The van der Waals surface area contributed by atoms with Crippen LogP contribution in [-0.2, 0) is 6.42 Å². The minimum absolute atomic E-state index is 0.200. The quantitative estimate of drug-likeness (QED) is 0.618. The summed E-state index contributed by atoms with van der Waals surface area (Å²) >= 11 is 0. The molecule has 2 aromatic rings. The Balaban J connectivity index is 1.86. The molecule has 0 aliphatic heterocycles. The van der Waals surface area contributed by atoms with E-state index in [0.717, 1.165) is 30.8 Å². The third-order valence-corrected chi connectivity index (χ3v) is 4.30. The summed E-state index contributed by atoms with van der Waals surface area (Å²) in [5.74, 6) is 0.905. The largest absolute Gasteiger partial charge is 0.494 e. The molecule has 2 aromatic carbocycles. The van der Waals surface area contributed by atoms with Crippen LogP contribution in [-0.4, -0.2) is 13.2 Å². The molecule has 0 aliphatic rings. The van der Waals surface area contributed by atoms with Crippen LogP contribution in [0.1, 0.15) is 49.7 Å². The van der Waals surface area contributed by atoms with Gasteiger partial charge in [0.2, 0.25) is 0 Å². The van der Waals surface area contributed by atoms with Crippen molar-refractivity contribution < 1.29 is 9.13 Å². The summed E-state index contributed by atoms with van der Waals surface area (Å²) in [5.41, 5.74) is 8.20. The van der Waals surface area contributed by atoms with Crippen molar-refractivity contribution in [1.29, 1.82) is 0 Å². The van der Waals surface area contributed by atoms with Crippen molar-refractivity contribution in [2.24, 2.45) is 5.73 Å². The number of rotatable bonds is 10. The van der Waals surface area contributed by atoms with E-state index < -0.39 is 0 Å². The molecule has 130 valence electrons. The minimum Gasteiger partial charge on any atom is -0.494 e. The van der Waals surface area contributed by atoms with Gasteiger partial charge < -0.3 is 10.5 Å². The maximum Gasteiger partial charge on any atom is 0.123 e. The maximum atomic E-state index is 13.1. The molecule has 0 saturated carbocycles. The van der Waals surface area contributed by atoms with E-state index in [4.69, 9.17) is 10.5 Å². The van der Waals surface area contributed by atoms with Crippen molar-refractivity contribution in [3.63, 3.8) is 0 Å². The monoisotopic (exact) mass is 329 g/mol. The Morgan fingerprint density at radius 2 is 1.67 bits per heavy atom. The third-order valence-electron chi connectivity index (χ3n) is 4.30. The molecule has 0 fully saturated rings. The van der Waals surface area contributed by atoms with Crippen LogP contribution in [0.25, 0.3) is 0 Å². The molecular formula is C21H28FNO. The summed E-state index contributed by atoms with van der Waals surface area (Å²) in [4.78, 5) is 0. The zero-order valence-electron chi connectivity index (χ0n) is 14.5.